The van der Waals surface area contributed by atoms with Gasteiger partial charge in [0.05, 0.1) is 6.61 Å². The molecule has 0 aromatic heterocycles. The molecule has 0 N–H and O–H groups in total. The summed E-state index contributed by atoms with van der Waals surface area (Å²) in [6.45, 7) is 8.48. The summed E-state index contributed by atoms with van der Waals surface area (Å²) in [5.41, 5.74) is 0. The van der Waals surface area contributed by atoms with Crippen LogP contribution in [0.25, 0.3) is 0 Å². The molecular weight excluding hydrogens is 152 g/mol. The van der Waals surface area contributed by atoms with E-state index in [1.165, 1.54) is 0 Å². The van der Waals surface area contributed by atoms with Gasteiger partial charge in [-0.05, 0) is 25.2 Å². The van der Waals surface area contributed by atoms with E-state index in [4.69, 9.17) is 4.74 Å². The van der Waals surface area contributed by atoms with Crippen LogP contribution in [0.15, 0.2) is 0 Å². The Balaban J connectivity index is 3.14. The minimum absolute atomic E-state index is 0.117. The van der Waals surface area contributed by atoms with Crippen LogP contribution in [-0.4, -0.2) is 12.6 Å². The number of esters is 1. The molecule has 0 aliphatic rings. The zero-order valence-electron chi connectivity index (χ0n) is 8.14. The summed E-state index contributed by atoms with van der Waals surface area (Å²) >= 11 is 0. The predicted molar refractivity (Wildman–Crippen MR) is 49.6 cm³/mol. The van der Waals surface area contributed by atoms with Gasteiger partial charge in [-0.25, -0.2) is 0 Å². The molecule has 0 atom stereocenters. The van der Waals surface area contributed by atoms with Crippen LogP contribution in [0.4, 0.5) is 0 Å². The monoisotopic (exact) mass is 171 g/mol. The van der Waals surface area contributed by atoms with E-state index < -0.39 is 0 Å². The molecule has 0 spiro atoms. The lowest BCUT2D eigenvalue weighted by Crippen LogP contribution is -2.05. The van der Waals surface area contributed by atoms with Crippen LogP contribution in [0.2, 0.25) is 0 Å². The smallest absolute Gasteiger partial charge is 0.305 e. The van der Waals surface area contributed by atoms with Crippen LogP contribution in [-0.2, 0) is 9.53 Å². The first-order chi connectivity index (χ1) is 5.66. The van der Waals surface area contributed by atoms with Crippen LogP contribution >= 0.6 is 0 Å². The molecule has 71 valence electrons. The Bertz CT molecular complexity index is 119. The van der Waals surface area contributed by atoms with Crippen molar-refractivity contribution < 1.29 is 9.53 Å². The Morgan fingerprint density at radius 1 is 1.50 bits per heavy atom. The third-order valence-electron chi connectivity index (χ3n) is 1.57. The fourth-order valence-corrected chi connectivity index (χ4v) is 0.894. The molecule has 0 heterocycles. The van der Waals surface area contributed by atoms with Crippen LogP contribution in [0.3, 0.4) is 0 Å². The van der Waals surface area contributed by atoms with Gasteiger partial charge in [0, 0.05) is 6.42 Å². The Labute approximate surface area is 75.3 Å². The van der Waals surface area contributed by atoms with Crippen LogP contribution in [0.5, 0.6) is 0 Å². The van der Waals surface area contributed by atoms with E-state index in [9.17, 15) is 4.79 Å². The maximum atomic E-state index is 10.8. The molecular formula is C10H19O2. The van der Waals surface area contributed by atoms with Crippen molar-refractivity contribution in [1.29, 1.82) is 0 Å². The molecule has 0 aromatic rings. The number of ether oxygens (including phenoxy) is 1. The van der Waals surface area contributed by atoms with Crippen LogP contribution in [0.1, 0.15) is 39.5 Å². The molecule has 12 heavy (non-hydrogen) atoms. The van der Waals surface area contributed by atoms with E-state index in [0.29, 0.717) is 25.4 Å². The Morgan fingerprint density at radius 2 is 2.17 bits per heavy atom. The van der Waals surface area contributed by atoms with Crippen LogP contribution in [0, 0.1) is 12.8 Å². The number of rotatable bonds is 6. The first kappa shape index (κ1) is 11.5. The maximum Gasteiger partial charge on any atom is 0.305 e. The van der Waals surface area contributed by atoms with Crippen LogP contribution < -0.4 is 0 Å². The second-order valence-corrected chi connectivity index (χ2v) is 3.36. The van der Waals surface area contributed by atoms with Crippen molar-refractivity contribution in [3.8, 4) is 0 Å². The lowest BCUT2D eigenvalue weighted by molar-refractivity contribution is -0.143. The van der Waals surface area contributed by atoms with Gasteiger partial charge in [0.2, 0.25) is 0 Å². The number of carbonyl (C=O) groups excluding carboxylic acids is 1. The van der Waals surface area contributed by atoms with Gasteiger partial charge in [0.25, 0.3) is 0 Å². The minimum Gasteiger partial charge on any atom is -0.466 e. The molecule has 0 bridgehead atoms. The third kappa shape index (κ3) is 7.58. The van der Waals surface area contributed by atoms with Gasteiger partial charge in [-0.3, -0.25) is 4.79 Å². The first-order valence-corrected chi connectivity index (χ1v) is 4.61. The standard InChI is InChI=1S/C10H19O2/c1-4-6-10(11)12-8-5-7-9(2)3/h9H,1,4-8H2,2-3H3. The first-order valence-electron chi connectivity index (χ1n) is 4.61. The molecule has 1 radical (unpaired) electrons. The molecule has 0 saturated carbocycles. The molecule has 0 rings (SSSR count). The quantitative estimate of drug-likeness (QED) is 0.453. The average molecular weight is 171 g/mol. The second kappa shape index (κ2) is 7.14. The zero-order chi connectivity index (χ0) is 9.40. The van der Waals surface area contributed by atoms with Crippen molar-refractivity contribution in [3.05, 3.63) is 6.92 Å². The normalized spacial score (nSPS) is 10.3. The second-order valence-electron chi connectivity index (χ2n) is 3.36. The summed E-state index contributed by atoms with van der Waals surface area (Å²) in [4.78, 5) is 10.8. The van der Waals surface area contributed by atoms with E-state index in [1.807, 2.05) is 0 Å². The molecule has 2 nitrogen and oxygen atoms in total. The van der Waals surface area contributed by atoms with Crippen molar-refractivity contribution in [2.45, 2.75) is 39.5 Å². The van der Waals surface area contributed by atoms with Crippen molar-refractivity contribution in [2.24, 2.45) is 5.92 Å². The van der Waals surface area contributed by atoms with Gasteiger partial charge >= 0.3 is 5.97 Å². The van der Waals surface area contributed by atoms with Gasteiger partial charge in [-0.15, -0.1) is 0 Å². The molecule has 0 amide bonds. The highest BCUT2D eigenvalue weighted by atomic mass is 16.5. The van der Waals surface area contributed by atoms with Crippen molar-refractivity contribution >= 4 is 5.97 Å². The molecule has 0 aromatic carbocycles. The van der Waals surface area contributed by atoms with E-state index in [2.05, 4.69) is 20.8 Å². The zero-order valence-corrected chi connectivity index (χ0v) is 8.14. The Kier molecular flexibility index (Phi) is 6.82. The summed E-state index contributed by atoms with van der Waals surface area (Å²) in [5.74, 6) is 0.574. The lowest BCUT2D eigenvalue weighted by atomic mass is 10.1. The Hall–Kier alpha value is -0.530. The summed E-state index contributed by atoms with van der Waals surface area (Å²) in [5, 5.41) is 0. The molecule has 0 unspecified atom stereocenters. The largest absolute Gasteiger partial charge is 0.466 e. The highest BCUT2D eigenvalue weighted by Crippen LogP contribution is 2.03. The molecule has 0 aliphatic heterocycles. The Morgan fingerprint density at radius 3 is 2.67 bits per heavy atom. The summed E-state index contributed by atoms with van der Waals surface area (Å²) in [6, 6.07) is 0. The van der Waals surface area contributed by atoms with E-state index in [-0.39, 0.29) is 5.97 Å². The third-order valence-corrected chi connectivity index (χ3v) is 1.57. The van der Waals surface area contributed by atoms with Gasteiger partial charge in [-0.2, -0.15) is 0 Å². The molecule has 0 fully saturated rings. The SMILES string of the molecule is [CH2]CCC(=O)OCCCC(C)C. The van der Waals surface area contributed by atoms with E-state index >= 15 is 0 Å². The lowest BCUT2D eigenvalue weighted by Gasteiger charge is -2.05. The minimum atomic E-state index is -0.117. The molecule has 0 saturated heterocycles. The number of hydrogen-bond acceptors (Lipinski definition) is 2. The summed E-state index contributed by atoms with van der Waals surface area (Å²) in [7, 11) is 0. The van der Waals surface area contributed by atoms with Crippen molar-refractivity contribution in [1.82, 2.24) is 0 Å². The number of hydrogen-bond donors (Lipinski definition) is 0. The van der Waals surface area contributed by atoms with Gasteiger partial charge in [0.1, 0.15) is 0 Å². The van der Waals surface area contributed by atoms with Gasteiger partial charge in [-0.1, -0.05) is 20.8 Å². The van der Waals surface area contributed by atoms with Crippen molar-refractivity contribution in [2.75, 3.05) is 6.61 Å². The van der Waals surface area contributed by atoms with Crippen molar-refractivity contribution in [3.63, 3.8) is 0 Å². The fraction of sp³-hybridized carbons (Fsp3) is 0.800. The summed E-state index contributed by atoms with van der Waals surface area (Å²) in [6.07, 6.45) is 3.17. The highest BCUT2D eigenvalue weighted by molar-refractivity contribution is 5.69. The maximum absolute atomic E-state index is 10.8. The topological polar surface area (TPSA) is 26.3 Å². The fourth-order valence-electron chi connectivity index (χ4n) is 0.894. The predicted octanol–water partition coefficient (Wildman–Crippen LogP) is 2.58. The van der Waals surface area contributed by atoms with Gasteiger partial charge in [0.15, 0.2) is 0 Å². The van der Waals surface area contributed by atoms with Gasteiger partial charge < -0.3 is 4.74 Å². The summed E-state index contributed by atoms with van der Waals surface area (Å²) < 4.78 is 4.95. The highest BCUT2D eigenvalue weighted by Gasteiger charge is 2.00. The van der Waals surface area contributed by atoms with E-state index in [1.54, 1.807) is 0 Å². The number of carbonyl (C=O) groups is 1. The average Bonchev–Trinajstić information content (AvgIpc) is 1.98. The molecule has 0 aliphatic carbocycles. The molecule has 2 heteroatoms. The van der Waals surface area contributed by atoms with E-state index in [0.717, 1.165) is 12.8 Å².